The second-order valence-electron chi connectivity index (χ2n) is 12.0. The number of allylic oxidation sites excluding steroid dienone is 1. The van der Waals surface area contributed by atoms with Gasteiger partial charge >= 0.3 is 5.97 Å². The highest BCUT2D eigenvalue weighted by Gasteiger charge is 2.22. The van der Waals surface area contributed by atoms with E-state index in [-0.39, 0.29) is 18.1 Å². The number of fused-ring (bicyclic) bond motifs is 1. The lowest BCUT2D eigenvalue weighted by atomic mass is 10.1. The van der Waals surface area contributed by atoms with Crippen LogP contribution in [0.4, 0.5) is 17.3 Å². The Morgan fingerprint density at radius 1 is 1.06 bits per heavy atom. The lowest BCUT2D eigenvalue weighted by molar-refractivity contribution is -0.141. The van der Waals surface area contributed by atoms with E-state index in [9.17, 15) is 14.7 Å². The highest BCUT2D eigenvalue weighted by molar-refractivity contribution is 5.77. The molecular weight excluding hydrogens is 600 g/mol. The van der Waals surface area contributed by atoms with Crippen LogP contribution in [-0.2, 0) is 26.4 Å². The first-order valence-corrected chi connectivity index (χ1v) is 16.0. The molecule has 0 saturated carbocycles. The molecule has 1 fully saturated rings. The van der Waals surface area contributed by atoms with Crippen LogP contribution in [0.15, 0.2) is 66.1 Å². The number of methoxy groups -OCH3 is 1. The van der Waals surface area contributed by atoms with E-state index < -0.39 is 5.60 Å². The third kappa shape index (κ3) is 8.42. The maximum atomic E-state index is 13.3. The van der Waals surface area contributed by atoms with Crippen LogP contribution in [-0.4, -0.2) is 93.3 Å². The Morgan fingerprint density at radius 3 is 2.51 bits per heavy atom. The molecular formula is C34H44N8O5. The number of rotatable bonds is 15. The van der Waals surface area contributed by atoms with E-state index in [1.165, 1.54) is 18.0 Å². The van der Waals surface area contributed by atoms with Crippen molar-refractivity contribution in [1.82, 2.24) is 29.2 Å². The average Bonchev–Trinajstić information content (AvgIpc) is 3.34. The van der Waals surface area contributed by atoms with Crippen molar-refractivity contribution in [3.05, 3.63) is 77.4 Å². The molecule has 3 aromatic heterocycles. The van der Waals surface area contributed by atoms with Crippen molar-refractivity contribution in [2.24, 2.45) is 0 Å². The summed E-state index contributed by atoms with van der Waals surface area (Å²) in [7, 11) is 1.40. The van der Waals surface area contributed by atoms with Gasteiger partial charge in [-0.25, -0.2) is 19.3 Å². The minimum atomic E-state index is -1.16. The van der Waals surface area contributed by atoms with Crippen LogP contribution < -0.4 is 15.8 Å². The van der Waals surface area contributed by atoms with E-state index in [1.807, 2.05) is 12.1 Å². The van der Waals surface area contributed by atoms with Crippen LogP contribution in [0.3, 0.4) is 0 Å². The Morgan fingerprint density at radius 2 is 1.81 bits per heavy atom. The number of hydrogen-bond acceptors (Lipinski definition) is 11. The summed E-state index contributed by atoms with van der Waals surface area (Å²) in [6.45, 7) is 13.5. The SMILES string of the molecule is C=CCn1c(=O)c2cnc(Nc3ccc(N4CCN(CCCOCCCC(=O)OC)CC4)cc3)nc2n1-c1cccc(C(C)(C)O)n1. The van der Waals surface area contributed by atoms with Gasteiger partial charge in [0.25, 0.3) is 5.56 Å². The number of pyridine rings is 1. The summed E-state index contributed by atoms with van der Waals surface area (Å²) in [4.78, 5) is 43.1. The normalized spacial score (nSPS) is 14.0. The first kappa shape index (κ1) is 33.8. The second-order valence-corrected chi connectivity index (χ2v) is 12.0. The zero-order chi connectivity index (χ0) is 33.4. The van der Waals surface area contributed by atoms with Gasteiger partial charge in [-0.2, -0.15) is 4.98 Å². The number of carbonyl (C=O) groups is 1. The zero-order valence-corrected chi connectivity index (χ0v) is 27.4. The summed E-state index contributed by atoms with van der Waals surface area (Å²) >= 11 is 0. The molecule has 0 spiro atoms. The number of aromatic nitrogens is 5. The predicted molar refractivity (Wildman–Crippen MR) is 181 cm³/mol. The summed E-state index contributed by atoms with van der Waals surface area (Å²) in [5, 5.41) is 14.2. The number of piperazine rings is 1. The summed E-state index contributed by atoms with van der Waals surface area (Å²) in [6, 6.07) is 13.5. The predicted octanol–water partition coefficient (Wildman–Crippen LogP) is 3.62. The standard InChI is InChI=1S/C34H44N8O5/c1-5-16-41-32(44)27-24-35-33(38-31(27)42(41)29-10-6-9-28(37-29)34(2,3)45)36-25-12-14-26(15-13-25)40-20-18-39(19-21-40)17-8-23-47-22-7-11-30(43)46-4/h5-6,9-10,12-15,24,45H,1,7-8,11,16-23H2,2-4H3,(H,35,36,38). The van der Waals surface area contributed by atoms with E-state index in [1.54, 1.807) is 42.8 Å². The molecule has 13 nitrogen and oxygen atoms in total. The van der Waals surface area contributed by atoms with Crippen LogP contribution in [0.5, 0.6) is 0 Å². The highest BCUT2D eigenvalue weighted by Crippen LogP contribution is 2.24. The molecule has 1 aromatic carbocycles. The van der Waals surface area contributed by atoms with Crippen molar-refractivity contribution >= 4 is 34.3 Å². The number of anilines is 3. The van der Waals surface area contributed by atoms with Crippen LogP contribution in [0.2, 0.25) is 0 Å². The van der Waals surface area contributed by atoms with Gasteiger partial charge in [0.1, 0.15) is 11.0 Å². The largest absolute Gasteiger partial charge is 0.469 e. The summed E-state index contributed by atoms with van der Waals surface area (Å²) in [5.41, 5.74) is 1.42. The molecule has 1 saturated heterocycles. The molecule has 13 heteroatoms. The van der Waals surface area contributed by atoms with Gasteiger partial charge in [0.2, 0.25) is 5.95 Å². The maximum Gasteiger partial charge on any atom is 0.305 e. The molecule has 5 rings (SSSR count). The molecule has 0 atom stereocenters. The molecule has 250 valence electrons. The Kier molecular flexibility index (Phi) is 11.0. The number of benzene rings is 1. The van der Waals surface area contributed by atoms with Crippen molar-refractivity contribution in [2.75, 3.05) is 63.3 Å². The van der Waals surface area contributed by atoms with E-state index in [0.29, 0.717) is 54.5 Å². The number of carbonyl (C=O) groups excluding carboxylic acids is 1. The van der Waals surface area contributed by atoms with E-state index in [4.69, 9.17) is 9.72 Å². The van der Waals surface area contributed by atoms with Gasteiger partial charge in [-0.05, 0) is 63.1 Å². The molecule has 47 heavy (non-hydrogen) atoms. The van der Waals surface area contributed by atoms with Crippen molar-refractivity contribution in [3.8, 4) is 5.82 Å². The molecule has 4 heterocycles. The molecule has 0 unspecified atom stereocenters. The van der Waals surface area contributed by atoms with E-state index in [0.717, 1.165) is 50.5 Å². The maximum absolute atomic E-state index is 13.3. The third-order valence-electron chi connectivity index (χ3n) is 8.08. The van der Waals surface area contributed by atoms with Gasteiger partial charge in [-0.3, -0.25) is 14.5 Å². The Bertz CT molecular complexity index is 1720. The van der Waals surface area contributed by atoms with Crippen molar-refractivity contribution in [3.63, 3.8) is 0 Å². The first-order valence-electron chi connectivity index (χ1n) is 16.0. The third-order valence-corrected chi connectivity index (χ3v) is 8.08. The summed E-state index contributed by atoms with van der Waals surface area (Å²) in [6.07, 6.45) is 5.21. The molecule has 0 bridgehead atoms. The van der Waals surface area contributed by atoms with Gasteiger partial charge in [0, 0.05) is 69.9 Å². The topological polar surface area (TPSA) is 140 Å². The highest BCUT2D eigenvalue weighted by atomic mass is 16.5. The number of esters is 1. The molecule has 0 radical (unpaired) electrons. The van der Waals surface area contributed by atoms with Crippen molar-refractivity contribution in [2.45, 2.75) is 45.3 Å². The Balaban J connectivity index is 1.20. The van der Waals surface area contributed by atoms with Gasteiger partial charge in [-0.1, -0.05) is 12.1 Å². The second kappa shape index (κ2) is 15.3. The molecule has 0 aliphatic carbocycles. The van der Waals surface area contributed by atoms with E-state index in [2.05, 4.69) is 48.5 Å². The molecule has 2 N–H and O–H groups in total. The van der Waals surface area contributed by atoms with Gasteiger partial charge in [0.05, 0.1) is 19.3 Å². The fourth-order valence-corrected chi connectivity index (χ4v) is 5.52. The fourth-order valence-electron chi connectivity index (χ4n) is 5.52. The van der Waals surface area contributed by atoms with Gasteiger partial charge in [0.15, 0.2) is 11.5 Å². The smallest absolute Gasteiger partial charge is 0.305 e. The fraction of sp³-hybridized carbons (Fsp3) is 0.441. The minimum Gasteiger partial charge on any atom is -0.469 e. The van der Waals surface area contributed by atoms with Gasteiger partial charge in [-0.15, -0.1) is 6.58 Å². The monoisotopic (exact) mass is 644 g/mol. The lowest BCUT2D eigenvalue weighted by Crippen LogP contribution is -2.46. The van der Waals surface area contributed by atoms with Crippen LogP contribution in [0.25, 0.3) is 16.9 Å². The number of nitrogens with zero attached hydrogens (tertiary/aromatic N) is 7. The van der Waals surface area contributed by atoms with Crippen LogP contribution in [0.1, 0.15) is 38.8 Å². The Hall–Kier alpha value is -4.59. The quantitative estimate of drug-likeness (QED) is 0.111. The Labute approximate surface area is 274 Å². The van der Waals surface area contributed by atoms with Crippen molar-refractivity contribution < 1.29 is 19.4 Å². The summed E-state index contributed by atoms with van der Waals surface area (Å²) in [5.74, 6) is 0.598. The zero-order valence-electron chi connectivity index (χ0n) is 27.4. The van der Waals surface area contributed by atoms with Gasteiger partial charge < -0.3 is 24.8 Å². The number of hydrogen-bond donors (Lipinski definition) is 2. The number of nitrogens with one attached hydrogen (secondary N) is 1. The van der Waals surface area contributed by atoms with Crippen LogP contribution >= 0.6 is 0 Å². The average molecular weight is 645 g/mol. The molecule has 1 aliphatic rings. The van der Waals surface area contributed by atoms with Crippen molar-refractivity contribution in [1.29, 1.82) is 0 Å². The van der Waals surface area contributed by atoms with E-state index >= 15 is 0 Å². The van der Waals surface area contributed by atoms with Crippen LogP contribution in [0, 0.1) is 0 Å². The first-order chi connectivity index (χ1) is 22.7. The number of ether oxygens (including phenoxy) is 2. The molecule has 0 amide bonds. The molecule has 4 aromatic rings. The molecule has 1 aliphatic heterocycles. The summed E-state index contributed by atoms with van der Waals surface area (Å²) < 4.78 is 13.4. The minimum absolute atomic E-state index is 0.197. The number of aliphatic hydroxyl groups is 1. The lowest BCUT2D eigenvalue weighted by Gasteiger charge is -2.36.